The van der Waals surface area contributed by atoms with Crippen LogP contribution in [0.2, 0.25) is 0 Å². The maximum absolute atomic E-state index is 12.1. The number of rotatable bonds is 6. The van der Waals surface area contributed by atoms with Crippen LogP contribution in [0.3, 0.4) is 0 Å². The molecule has 1 aliphatic rings. The molecule has 1 saturated heterocycles. The van der Waals surface area contributed by atoms with Crippen molar-refractivity contribution in [3.05, 3.63) is 35.4 Å². The van der Waals surface area contributed by atoms with Crippen molar-refractivity contribution in [1.82, 2.24) is 4.90 Å². The molecule has 3 nitrogen and oxygen atoms in total. The number of nitrogens with zero attached hydrogens (tertiary/aromatic N) is 1. The molecule has 0 bridgehead atoms. The Kier molecular flexibility index (Phi) is 5.60. The van der Waals surface area contributed by atoms with E-state index in [-0.39, 0.29) is 5.91 Å². The van der Waals surface area contributed by atoms with Crippen molar-refractivity contribution >= 4 is 5.91 Å². The van der Waals surface area contributed by atoms with Crippen LogP contribution in [-0.2, 0) is 9.53 Å². The quantitative estimate of drug-likeness (QED) is 0.747. The fourth-order valence-electron chi connectivity index (χ4n) is 2.91. The third-order valence-corrected chi connectivity index (χ3v) is 4.05. The molecule has 3 heteroatoms. The monoisotopic (exact) mass is 275 g/mol. The van der Waals surface area contributed by atoms with Crippen LogP contribution in [0.4, 0.5) is 0 Å². The van der Waals surface area contributed by atoms with Crippen LogP contribution in [0, 0.1) is 6.92 Å². The number of carbonyl (C=O) groups is 1. The van der Waals surface area contributed by atoms with Gasteiger partial charge in [0.1, 0.15) is 0 Å². The van der Waals surface area contributed by atoms with Crippen molar-refractivity contribution in [2.24, 2.45) is 0 Å². The van der Waals surface area contributed by atoms with Crippen LogP contribution in [-0.4, -0.2) is 37.1 Å². The van der Waals surface area contributed by atoms with Gasteiger partial charge in [-0.1, -0.05) is 24.3 Å². The summed E-state index contributed by atoms with van der Waals surface area (Å²) in [4.78, 5) is 14.2. The maximum atomic E-state index is 12.1. The van der Waals surface area contributed by atoms with E-state index in [2.05, 4.69) is 31.2 Å². The first kappa shape index (κ1) is 15.0. The van der Waals surface area contributed by atoms with Gasteiger partial charge in [0.2, 0.25) is 5.91 Å². The lowest BCUT2D eigenvalue weighted by Crippen LogP contribution is -2.28. The Balaban J connectivity index is 1.83. The molecular weight excluding hydrogens is 250 g/mol. The number of hydrogen-bond acceptors (Lipinski definition) is 2. The van der Waals surface area contributed by atoms with Gasteiger partial charge in [0, 0.05) is 38.6 Å². The van der Waals surface area contributed by atoms with Gasteiger partial charge in [0.25, 0.3) is 0 Å². The summed E-state index contributed by atoms with van der Waals surface area (Å²) in [5.74, 6) is 0.785. The minimum atomic E-state index is 0.279. The normalized spacial score (nSPS) is 18.5. The third-order valence-electron chi connectivity index (χ3n) is 4.05. The average molecular weight is 275 g/mol. The van der Waals surface area contributed by atoms with Crippen LogP contribution >= 0.6 is 0 Å². The summed E-state index contributed by atoms with van der Waals surface area (Å²) in [6, 6.07) is 8.52. The Bertz CT molecular complexity index is 444. The lowest BCUT2D eigenvalue weighted by Gasteiger charge is -2.17. The highest BCUT2D eigenvalue weighted by Crippen LogP contribution is 2.29. The lowest BCUT2D eigenvalue weighted by molar-refractivity contribution is -0.130. The van der Waals surface area contributed by atoms with Crippen molar-refractivity contribution in [2.45, 2.75) is 39.0 Å². The van der Waals surface area contributed by atoms with E-state index in [9.17, 15) is 4.79 Å². The fraction of sp³-hybridized carbons (Fsp3) is 0.588. The lowest BCUT2D eigenvalue weighted by atomic mass is 9.94. The second-order valence-electron chi connectivity index (χ2n) is 5.48. The molecule has 1 aromatic rings. The topological polar surface area (TPSA) is 29.5 Å². The summed E-state index contributed by atoms with van der Waals surface area (Å²) >= 11 is 0. The van der Waals surface area contributed by atoms with E-state index in [1.54, 1.807) is 0 Å². The van der Waals surface area contributed by atoms with E-state index < -0.39 is 0 Å². The van der Waals surface area contributed by atoms with E-state index in [1.165, 1.54) is 11.1 Å². The molecule has 1 fully saturated rings. The largest absolute Gasteiger partial charge is 0.382 e. The van der Waals surface area contributed by atoms with Gasteiger partial charge in [-0.25, -0.2) is 0 Å². The Morgan fingerprint density at radius 2 is 2.20 bits per heavy atom. The van der Waals surface area contributed by atoms with E-state index in [4.69, 9.17) is 4.74 Å². The van der Waals surface area contributed by atoms with Gasteiger partial charge in [-0.05, 0) is 37.8 Å². The fourth-order valence-corrected chi connectivity index (χ4v) is 2.91. The molecule has 1 aliphatic heterocycles. The van der Waals surface area contributed by atoms with Gasteiger partial charge in [0.15, 0.2) is 0 Å². The van der Waals surface area contributed by atoms with Gasteiger partial charge in [0.05, 0.1) is 0 Å². The summed E-state index contributed by atoms with van der Waals surface area (Å²) in [7, 11) is 0. The molecular formula is C17H25NO2. The van der Waals surface area contributed by atoms with E-state index in [0.717, 1.165) is 32.5 Å². The Morgan fingerprint density at radius 3 is 2.95 bits per heavy atom. The highest BCUT2D eigenvalue weighted by atomic mass is 16.5. The number of amides is 1. The summed E-state index contributed by atoms with van der Waals surface area (Å²) < 4.78 is 5.28. The predicted molar refractivity (Wildman–Crippen MR) is 80.8 cm³/mol. The molecule has 1 heterocycles. The van der Waals surface area contributed by atoms with Crippen LogP contribution in [0.15, 0.2) is 24.3 Å². The molecule has 0 spiro atoms. The molecule has 2 rings (SSSR count). The number of carbonyl (C=O) groups excluding carboxylic acids is 1. The highest BCUT2D eigenvalue weighted by molar-refractivity contribution is 5.76. The first-order valence-electron chi connectivity index (χ1n) is 7.63. The zero-order chi connectivity index (χ0) is 14.4. The zero-order valence-corrected chi connectivity index (χ0v) is 12.6. The summed E-state index contributed by atoms with van der Waals surface area (Å²) in [6.45, 7) is 7.33. The third kappa shape index (κ3) is 3.83. The van der Waals surface area contributed by atoms with Gasteiger partial charge in [-0.3, -0.25) is 4.79 Å². The molecule has 1 aromatic carbocycles. The minimum Gasteiger partial charge on any atom is -0.382 e. The zero-order valence-electron chi connectivity index (χ0n) is 12.6. The van der Waals surface area contributed by atoms with Gasteiger partial charge in [-0.15, -0.1) is 0 Å². The van der Waals surface area contributed by atoms with Gasteiger partial charge in [-0.2, -0.15) is 0 Å². The summed E-state index contributed by atoms with van der Waals surface area (Å²) in [5, 5.41) is 0. The molecule has 20 heavy (non-hydrogen) atoms. The van der Waals surface area contributed by atoms with Crippen LogP contribution in [0.1, 0.15) is 43.2 Å². The molecule has 0 unspecified atom stereocenters. The highest BCUT2D eigenvalue weighted by Gasteiger charge is 2.27. The first-order chi connectivity index (χ1) is 9.72. The molecule has 110 valence electrons. The summed E-state index contributed by atoms with van der Waals surface area (Å²) in [5.41, 5.74) is 2.74. The van der Waals surface area contributed by atoms with Crippen molar-refractivity contribution in [2.75, 3.05) is 26.3 Å². The van der Waals surface area contributed by atoms with Gasteiger partial charge >= 0.3 is 0 Å². The smallest absolute Gasteiger partial charge is 0.222 e. The molecule has 0 radical (unpaired) electrons. The van der Waals surface area contributed by atoms with E-state index in [1.807, 2.05) is 11.8 Å². The number of aryl methyl sites for hydroxylation is 1. The van der Waals surface area contributed by atoms with Crippen LogP contribution in [0.5, 0.6) is 0 Å². The predicted octanol–water partition coefficient (Wildman–Crippen LogP) is 3.13. The average Bonchev–Trinajstić information content (AvgIpc) is 2.93. The van der Waals surface area contributed by atoms with Crippen molar-refractivity contribution in [3.63, 3.8) is 0 Å². The number of hydrogen-bond donors (Lipinski definition) is 0. The molecule has 0 aliphatic carbocycles. The maximum Gasteiger partial charge on any atom is 0.222 e. The van der Waals surface area contributed by atoms with Crippen molar-refractivity contribution in [1.29, 1.82) is 0 Å². The summed E-state index contributed by atoms with van der Waals surface area (Å²) in [6.07, 6.45) is 2.53. The van der Waals surface area contributed by atoms with Crippen LogP contribution in [0.25, 0.3) is 0 Å². The van der Waals surface area contributed by atoms with Gasteiger partial charge < -0.3 is 9.64 Å². The number of likely N-dealkylation sites (tertiary alicyclic amines) is 1. The molecule has 0 saturated carbocycles. The van der Waals surface area contributed by atoms with Crippen molar-refractivity contribution in [3.8, 4) is 0 Å². The standard InChI is InChI=1S/C17H25NO2/c1-3-20-12-6-9-17(19)18-11-10-15(13-18)16-8-5-4-7-14(16)2/h4-5,7-8,15H,3,6,9-13H2,1-2H3/t15-/m1/s1. The molecule has 0 aromatic heterocycles. The minimum absolute atomic E-state index is 0.279. The molecule has 0 N–H and O–H groups in total. The first-order valence-corrected chi connectivity index (χ1v) is 7.63. The van der Waals surface area contributed by atoms with Crippen LogP contribution < -0.4 is 0 Å². The van der Waals surface area contributed by atoms with E-state index >= 15 is 0 Å². The Hall–Kier alpha value is -1.35. The second-order valence-corrected chi connectivity index (χ2v) is 5.48. The molecule has 1 atom stereocenters. The Morgan fingerprint density at radius 1 is 1.40 bits per heavy atom. The van der Waals surface area contributed by atoms with Crippen molar-refractivity contribution < 1.29 is 9.53 Å². The Labute approximate surface area is 121 Å². The number of ether oxygens (including phenoxy) is 1. The second kappa shape index (κ2) is 7.44. The SMILES string of the molecule is CCOCCCC(=O)N1CC[C@@H](c2ccccc2C)C1. The van der Waals surface area contributed by atoms with E-state index in [0.29, 0.717) is 18.9 Å². The number of benzene rings is 1. The molecule has 1 amide bonds.